The van der Waals surface area contributed by atoms with Crippen molar-refractivity contribution in [3.8, 4) is 5.75 Å². The van der Waals surface area contributed by atoms with Crippen LogP contribution < -0.4 is 4.18 Å². The number of para-hydroxylation sites is 1. The third kappa shape index (κ3) is 4.48. The van der Waals surface area contributed by atoms with Crippen molar-refractivity contribution in [3.05, 3.63) is 95.6 Å². The highest BCUT2D eigenvalue weighted by molar-refractivity contribution is 7.87. The third-order valence-corrected chi connectivity index (χ3v) is 5.26. The fraction of sp³-hybridized carbons (Fsp3) is 0.143. The summed E-state index contributed by atoms with van der Waals surface area (Å²) in [5, 5.41) is 0. The summed E-state index contributed by atoms with van der Waals surface area (Å²) in [5.41, 5.74) is 3.09. The van der Waals surface area contributed by atoms with Crippen LogP contribution in [0.3, 0.4) is 0 Å². The van der Waals surface area contributed by atoms with Crippen LogP contribution in [0.2, 0.25) is 0 Å². The van der Waals surface area contributed by atoms with Crippen LogP contribution in [0.25, 0.3) is 0 Å². The molecule has 3 nitrogen and oxygen atoms in total. The minimum Gasteiger partial charge on any atom is -0.379 e. The largest absolute Gasteiger partial charge is 0.379 e. The van der Waals surface area contributed by atoms with Crippen molar-refractivity contribution in [2.75, 3.05) is 0 Å². The minimum atomic E-state index is -3.84. The van der Waals surface area contributed by atoms with Crippen LogP contribution in [0.15, 0.2) is 83.8 Å². The molecule has 0 saturated carbocycles. The first-order valence-electron chi connectivity index (χ1n) is 8.17. The van der Waals surface area contributed by atoms with E-state index in [1.807, 2.05) is 37.3 Å². The van der Waals surface area contributed by atoms with E-state index < -0.39 is 10.1 Å². The van der Waals surface area contributed by atoms with Gasteiger partial charge in [-0.3, -0.25) is 0 Å². The molecule has 25 heavy (non-hydrogen) atoms. The molecule has 0 atom stereocenters. The van der Waals surface area contributed by atoms with Gasteiger partial charge in [-0.25, -0.2) is 0 Å². The Balaban J connectivity index is 1.79. The monoisotopic (exact) mass is 352 g/mol. The maximum Gasteiger partial charge on any atom is 0.339 e. The van der Waals surface area contributed by atoms with Crippen molar-refractivity contribution in [1.82, 2.24) is 0 Å². The molecule has 0 radical (unpaired) electrons. The van der Waals surface area contributed by atoms with E-state index in [1.54, 1.807) is 36.4 Å². The molecule has 128 valence electrons. The van der Waals surface area contributed by atoms with Crippen LogP contribution in [-0.4, -0.2) is 8.42 Å². The Kier molecular flexibility index (Phi) is 5.19. The second kappa shape index (κ2) is 7.53. The van der Waals surface area contributed by atoms with E-state index >= 15 is 0 Å². The Hall–Kier alpha value is -2.59. The fourth-order valence-corrected chi connectivity index (χ4v) is 3.55. The summed E-state index contributed by atoms with van der Waals surface area (Å²) < 4.78 is 30.5. The Bertz CT molecular complexity index is 930. The van der Waals surface area contributed by atoms with Crippen LogP contribution >= 0.6 is 0 Å². The molecule has 0 aliphatic carbocycles. The van der Waals surface area contributed by atoms with Gasteiger partial charge in [-0.15, -0.1) is 0 Å². The predicted octanol–water partition coefficient (Wildman–Crippen LogP) is 4.55. The zero-order chi connectivity index (χ0) is 17.7. The van der Waals surface area contributed by atoms with Gasteiger partial charge in [-0.1, -0.05) is 66.2 Å². The molecule has 3 aromatic carbocycles. The van der Waals surface area contributed by atoms with Crippen molar-refractivity contribution in [2.24, 2.45) is 0 Å². The number of benzene rings is 3. The first-order valence-corrected chi connectivity index (χ1v) is 9.58. The van der Waals surface area contributed by atoms with Gasteiger partial charge in [0.15, 0.2) is 0 Å². The van der Waals surface area contributed by atoms with Gasteiger partial charge >= 0.3 is 10.1 Å². The molecule has 3 rings (SSSR count). The smallest absolute Gasteiger partial charge is 0.339 e. The van der Waals surface area contributed by atoms with E-state index in [9.17, 15) is 8.42 Å². The molecule has 0 saturated heterocycles. The molecule has 0 bridgehead atoms. The van der Waals surface area contributed by atoms with Gasteiger partial charge in [0.1, 0.15) is 10.6 Å². The summed E-state index contributed by atoms with van der Waals surface area (Å²) in [6.45, 7) is 1.91. The Morgan fingerprint density at radius 1 is 0.760 bits per heavy atom. The lowest BCUT2D eigenvalue weighted by atomic mass is 10.0. The van der Waals surface area contributed by atoms with E-state index in [0.717, 1.165) is 17.5 Å². The molecule has 0 aromatic heterocycles. The summed E-state index contributed by atoms with van der Waals surface area (Å²) in [7, 11) is -3.84. The fourth-order valence-electron chi connectivity index (χ4n) is 2.59. The van der Waals surface area contributed by atoms with Gasteiger partial charge in [-0.05, 0) is 49.1 Å². The molecule has 4 heteroatoms. The quantitative estimate of drug-likeness (QED) is 0.611. The molecule has 0 fully saturated rings. The summed E-state index contributed by atoms with van der Waals surface area (Å²) >= 11 is 0. The van der Waals surface area contributed by atoms with Gasteiger partial charge in [-0.2, -0.15) is 8.42 Å². The maximum absolute atomic E-state index is 12.5. The van der Waals surface area contributed by atoms with Crippen molar-refractivity contribution >= 4 is 10.1 Å². The molecule has 3 aromatic rings. The van der Waals surface area contributed by atoms with Crippen LogP contribution in [0.1, 0.15) is 16.7 Å². The van der Waals surface area contributed by atoms with Crippen LogP contribution in [-0.2, 0) is 23.0 Å². The van der Waals surface area contributed by atoms with Crippen LogP contribution in [0.5, 0.6) is 5.75 Å². The molecule has 0 spiro atoms. The van der Waals surface area contributed by atoms with E-state index in [-0.39, 0.29) is 4.90 Å². The zero-order valence-corrected chi connectivity index (χ0v) is 14.9. The summed E-state index contributed by atoms with van der Waals surface area (Å²) in [5.74, 6) is 0.388. The molecule has 0 aliphatic rings. The third-order valence-electron chi connectivity index (χ3n) is 4.01. The van der Waals surface area contributed by atoms with Crippen LogP contribution in [0, 0.1) is 6.92 Å². The minimum absolute atomic E-state index is 0.163. The number of hydrogen-bond donors (Lipinski definition) is 0. The van der Waals surface area contributed by atoms with Gasteiger partial charge in [0.05, 0.1) is 0 Å². The first-order chi connectivity index (χ1) is 12.0. The van der Waals surface area contributed by atoms with E-state index in [1.165, 1.54) is 5.56 Å². The zero-order valence-electron chi connectivity index (χ0n) is 14.1. The number of hydrogen-bond acceptors (Lipinski definition) is 3. The molecule has 0 N–H and O–H groups in total. The predicted molar refractivity (Wildman–Crippen MR) is 99.3 cm³/mol. The molecule has 0 aliphatic heterocycles. The van der Waals surface area contributed by atoms with Gasteiger partial charge < -0.3 is 4.18 Å². The molecular formula is C21H20O3S. The van der Waals surface area contributed by atoms with Gasteiger partial charge in [0.2, 0.25) is 0 Å². The SMILES string of the molecule is Cc1ccc(S(=O)(=O)Oc2ccccc2CCc2ccccc2)cc1. The molecular weight excluding hydrogens is 332 g/mol. The van der Waals surface area contributed by atoms with E-state index in [2.05, 4.69) is 12.1 Å². The lowest BCUT2D eigenvalue weighted by Gasteiger charge is -2.12. The van der Waals surface area contributed by atoms with Crippen molar-refractivity contribution in [3.63, 3.8) is 0 Å². The molecule has 0 amide bonds. The van der Waals surface area contributed by atoms with E-state index in [0.29, 0.717) is 12.2 Å². The maximum atomic E-state index is 12.5. The normalized spacial score (nSPS) is 11.2. The summed E-state index contributed by atoms with van der Waals surface area (Å²) in [6.07, 6.45) is 1.54. The summed E-state index contributed by atoms with van der Waals surface area (Å²) in [4.78, 5) is 0.163. The average Bonchev–Trinajstić information content (AvgIpc) is 2.62. The Morgan fingerprint density at radius 3 is 2.12 bits per heavy atom. The Morgan fingerprint density at radius 2 is 1.40 bits per heavy atom. The van der Waals surface area contributed by atoms with E-state index in [4.69, 9.17) is 4.18 Å². The highest BCUT2D eigenvalue weighted by Crippen LogP contribution is 2.24. The number of aryl methyl sites for hydroxylation is 3. The lowest BCUT2D eigenvalue weighted by Crippen LogP contribution is -2.11. The first kappa shape index (κ1) is 17.2. The van der Waals surface area contributed by atoms with Gasteiger partial charge in [0, 0.05) is 0 Å². The van der Waals surface area contributed by atoms with Crippen LogP contribution in [0.4, 0.5) is 0 Å². The molecule has 0 heterocycles. The highest BCUT2D eigenvalue weighted by atomic mass is 32.2. The number of rotatable bonds is 6. The van der Waals surface area contributed by atoms with Crippen molar-refractivity contribution in [2.45, 2.75) is 24.7 Å². The Labute approximate surface area is 149 Å². The second-order valence-corrected chi connectivity index (χ2v) is 7.49. The average molecular weight is 352 g/mol. The van der Waals surface area contributed by atoms with Crippen molar-refractivity contribution < 1.29 is 12.6 Å². The van der Waals surface area contributed by atoms with Gasteiger partial charge in [0.25, 0.3) is 0 Å². The summed E-state index contributed by atoms with van der Waals surface area (Å²) in [6, 6.07) is 24.0. The standard InChI is InChI=1S/C21H20O3S/c1-17-11-15-20(16-12-17)25(22,23)24-21-10-6-5-9-19(21)14-13-18-7-3-2-4-8-18/h2-12,15-16H,13-14H2,1H3. The van der Waals surface area contributed by atoms with Crippen molar-refractivity contribution in [1.29, 1.82) is 0 Å². The highest BCUT2D eigenvalue weighted by Gasteiger charge is 2.18. The molecule has 0 unspecified atom stereocenters. The topological polar surface area (TPSA) is 43.4 Å². The lowest BCUT2D eigenvalue weighted by molar-refractivity contribution is 0.482. The second-order valence-electron chi connectivity index (χ2n) is 5.94.